The van der Waals surface area contributed by atoms with E-state index in [0.717, 1.165) is 11.1 Å². The average molecular weight is 276 g/mol. The zero-order valence-electron chi connectivity index (χ0n) is 11.8. The van der Waals surface area contributed by atoms with E-state index >= 15 is 0 Å². The Labute approximate surface area is 119 Å². The lowest BCUT2D eigenvalue weighted by atomic mass is 10.1. The summed E-state index contributed by atoms with van der Waals surface area (Å²) < 4.78 is 9.88. The number of ketones is 1. The van der Waals surface area contributed by atoms with Crippen LogP contribution in [0, 0.1) is 0 Å². The van der Waals surface area contributed by atoms with Crippen molar-refractivity contribution in [2.24, 2.45) is 0 Å². The molecule has 1 aromatic rings. The van der Waals surface area contributed by atoms with Crippen molar-refractivity contribution in [1.29, 1.82) is 0 Å². The summed E-state index contributed by atoms with van der Waals surface area (Å²) in [5, 5.41) is 0. The Hall–Kier alpha value is -1.94. The van der Waals surface area contributed by atoms with Crippen LogP contribution < -0.4 is 0 Å². The number of carbonyl (C=O) groups is 2. The minimum Gasteiger partial charge on any atom is -0.463 e. The van der Waals surface area contributed by atoms with Crippen LogP contribution in [0.25, 0.3) is 0 Å². The Balaban J connectivity index is 2.11. The highest BCUT2D eigenvalue weighted by Crippen LogP contribution is 2.09. The minimum absolute atomic E-state index is 0.143. The van der Waals surface area contributed by atoms with E-state index in [1.807, 2.05) is 30.3 Å². The van der Waals surface area contributed by atoms with Gasteiger partial charge in [-0.1, -0.05) is 42.5 Å². The van der Waals surface area contributed by atoms with Gasteiger partial charge in [-0.2, -0.15) is 0 Å². The van der Waals surface area contributed by atoms with E-state index in [1.165, 1.54) is 7.11 Å². The Morgan fingerprint density at radius 1 is 1.10 bits per heavy atom. The van der Waals surface area contributed by atoms with Crippen molar-refractivity contribution in [3.05, 3.63) is 48.0 Å². The van der Waals surface area contributed by atoms with Gasteiger partial charge in [0.25, 0.3) is 0 Å². The lowest BCUT2D eigenvalue weighted by molar-refractivity contribution is -0.151. The largest absolute Gasteiger partial charge is 0.463 e. The first kappa shape index (κ1) is 16.1. The monoisotopic (exact) mass is 276 g/mol. The van der Waals surface area contributed by atoms with E-state index in [0.29, 0.717) is 26.1 Å². The molecule has 0 unspecified atom stereocenters. The second-order valence-corrected chi connectivity index (χ2v) is 4.45. The van der Waals surface area contributed by atoms with Crippen LogP contribution >= 0.6 is 0 Å². The molecule has 0 heterocycles. The standard InChI is InChI=1S/C16H20O4/c1-13(8-9-15(17)16(18)19-2)10-11-20-12-14-6-4-3-5-7-14/h3-7H,1,8-12H2,2H3. The van der Waals surface area contributed by atoms with Crippen molar-refractivity contribution in [3.63, 3.8) is 0 Å². The fourth-order valence-corrected chi connectivity index (χ4v) is 1.61. The van der Waals surface area contributed by atoms with E-state index in [2.05, 4.69) is 11.3 Å². The molecule has 4 nitrogen and oxygen atoms in total. The number of methoxy groups -OCH3 is 1. The average Bonchev–Trinajstić information content (AvgIpc) is 2.49. The van der Waals surface area contributed by atoms with Gasteiger partial charge in [-0.15, -0.1) is 0 Å². The van der Waals surface area contributed by atoms with E-state index < -0.39 is 11.8 Å². The van der Waals surface area contributed by atoms with E-state index in [4.69, 9.17) is 4.74 Å². The fraction of sp³-hybridized carbons (Fsp3) is 0.375. The summed E-state index contributed by atoms with van der Waals surface area (Å²) in [6.07, 6.45) is 1.31. The number of Topliss-reactive ketones (excluding diaryl/α,β-unsaturated/α-hetero) is 1. The van der Waals surface area contributed by atoms with Crippen molar-refractivity contribution in [3.8, 4) is 0 Å². The van der Waals surface area contributed by atoms with E-state index in [9.17, 15) is 9.59 Å². The fourth-order valence-electron chi connectivity index (χ4n) is 1.61. The molecule has 0 spiro atoms. The van der Waals surface area contributed by atoms with Crippen LogP contribution in [0.5, 0.6) is 0 Å². The molecule has 0 saturated carbocycles. The highest BCUT2D eigenvalue weighted by molar-refractivity contribution is 6.33. The maximum absolute atomic E-state index is 11.2. The van der Waals surface area contributed by atoms with Crippen LogP contribution in [-0.4, -0.2) is 25.5 Å². The van der Waals surface area contributed by atoms with E-state index in [-0.39, 0.29) is 6.42 Å². The second kappa shape index (κ2) is 9.04. The van der Waals surface area contributed by atoms with Gasteiger partial charge < -0.3 is 9.47 Å². The third-order valence-electron chi connectivity index (χ3n) is 2.83. The second-order valence-electron chi connectivity index (χ2n) is 4.45. The third-order valence-corrected chi connectivity index (χ3v) is 2.83. The summed E-state index contributed by atoms with van der Waals surface area (Å²) in [4.78, 5) is 22.2. The molecule has 0 atom stereocenters. The van der Waals surface area contributed by atoms with Gasteiger partial charge in [0.2, 0.25) is 5.78 Å². The highest BCUT2D eigenvalue weighted by atomic mass is 16.5. The van der Waals surface area contributed by atoms with Gasteiger partial charge in [0.1, 0.15) is 0 Å². The topological polar surface area (TPSA) is 52.6 Å². The zero-order valence-corrected chi connectivity index (χ0v) is 11.8. The predicted octanol–water partition coefficient (Wildman–Crippen LogP) is 2.67. The number of hydrogen-bond acceptors (Lipinski definition) is 4. The molecule has 1 rings (SSSR count). The van der Waals surface area contributed by atoms with Crippen molar-refractivity contribution in [2.75, 3.05) is 13.7 Å². The maximum Gasteiger partial charge on any atom is 0.374 e. The predicted molar refractivity (Wildman–Crippen MR) is 76.1 cm³/mol. The first-order valence-electron chi connectivity index (χ1n) is 6.53. The lowest BCUT2D eigenvalue weighted by Crippen LogP contribution is -2.15. The molecule has 20 heavy (non-hydrogen) atoms. The Morgan fingerprint density at radius 2 is 1.80 bits per heavy atom. The summed E-state index contributed by atoms with van der Waals surface area (Å²) in [6, 6.07) is 9.91. The summed E-state index contributed by atoms with van der Waals surface area (Å²) in [5.41, 5.74) is 2.02. The molecule has 0 amide bonds. The van der Waals surface area contributed by atoms with Gasteiger partial charge in [0.05, 0.1) is 20.3 Å². The number of carbonyl (C=O) groups excluding carboxylic acids is 2. The van der Waals surface area contributed by atoms with Gasteiger partial charge in [-0.25, -0.2) is 4.79 Å². The molecular weight excluding hydrogens is 256 g/mol. The van der Waals surface area contributed by atoms with Crippen LogP contribution in [-0.2, 0) is 25.7 Å². The van der Waals surface area contributed by atoms with Crippen molar-refractivity contribution in [2.45, 2.75) is 25.9 Å². The molecule has 108 valence electrons. The number of rotatable bonds is 9. The number of benzene rings is 1. The van der Waals surface area contributed by atoms with Crippen molar-refractivity contribution >= 4 is 11.8 Å². The zero-order chi connectivity index (χ0) is 14.8. The Bertz CT molecular complexity index is 451. The van der Waals surface area contributed by atoms with Crippen LogP contribution in [0.4, 0.5) is 0 Å². The van der Waals surface area contributed by atoms with Gasteiger partial charge in [0.15, 0.2) is 0 Å². The smallest absolute Gasteiger partial charge is 0.374 e. The molecule has 0 aliphatic rings. The van der Waals surface area contributed by atoms with Crippen LogP contribution in [0.3, 0.4) is 0 Å². The molecule has 4 heteroatoms. The highest BCUT2D eigenvalue weighted by Gasteiger charge is 2.13. The number of esters is 1. The first-order chi connectivity index (χ1) is 9.63. The molecule has 0 aromatic heterocycles. The molecule has 0 saturated heterocycles. The lowest BCUT2D eigenvalue weighted by Gasteiger charge is -2.06. The van der Waals surface area contributed by atoms with Gasteiger partial charge in [0, 0.05) is 6.42 Å². The molecule has 1 aromatic carbocycles. The summed E-state index contributed by atoms with van der Waals surface area (Å²) in [6.45, 7) is 4.99. The molecule has 0 aliphatic carbocycles. The van der Waals surface area contributed by atoms with Gasteiger partial charge >= 0.3 is 5.97 Å². The number of hydrogen-bond donors (Lipinski definition) is 0. The van der Waals surface area contributed by atoms with Gasteiger partial charge in [-0.3, -0.25) is 4.79 Å². The van der Waals surface area contributed by atoms with Crippen LogP contribution in [0.15, 0.2) is 42.5 Å². The van der Waals surface area contributed by atoms with Crippen LogP contribution in [0.2, 0.25) is 0 Å². The van der Waals surface area contributed by atoms with E-state index in [1.54, 1.807) is 0 Å². The molecule has 0 fully saturated rings. The van der Waals surface area contributed by atoms with Gasteiger partial charge in [-0.05, 0) is 18.4 Å². The molecule has 0 bridgehead atoms. The van der Waals surface area contributed by atoms with Crippen LogP contribution in [0.1, 0.15) is 24.8 Å². The Morgan fingerprint density at radius 3 is 2.45 bits per heavy atom. The maximum atomic E-state index is 11.2. The summed E-state index contributed by atoms with van der Waals surface area (Å²) >= 11 is 0. The third kappa shape index (κ3) is 6.29. The molecular formula is C16H20O4. The molecule has 0 radical (unpaired) electrons. The summed E-state index contributed by atoms with van der Waals surface area (Å²) in [7, 11) is 1.20. The summed E-state index contributed by atoms with van der Waals surface area (Å²) in [5.74, 6) is -1.31. The Kier molecular flexibility index (Phi) is 7.29. The van der Waals surface area contributed by atoms with Crippen molar-refractivity contribution in [1.82, 2.24) is 0 Å². The minimum atomic E-state index is -0.793. The molecule has 0 N–H and O–H groups in total. The normalized spacial score (nSPS) is 10.1. The van der Waals surface area contributed by atoms with Crippen molar-refractivity contribution < 1.29 is 19.1 Å². The number of ether oxygens (including phenoxy) is 2. The quantitative estimate of drug-likeness (QED) is 0.301. The first-order valence-corrected chi connectivity index (χ1v) is 6.53. The SMILES string of the molecule is C=C(CCOCc1ccccc1)CCC(=O)C(=O)OC. The molecule has 0 aliphatic heterocycles.